The summed E-state index contributed by atoms with van der Waals surface area (Å²) in [5, 5.41) is 12.0. The standard InChI is InChI=1S/C15H21BrN2O3/c1-4-15(2,14(20)21)17-9-13(19)18(3)10-11-7-5-6-8-12(11)16/h5-8,17H,4,9-10H2,1-3H3,(H,20,21). The molecule has 0 saturated heterocycles. The third-order valence-corrected chi connectivity index (χ3v) is 4.37. The van der Waals surface area contributed by atoms with Gasteiger partial charge in [0, 0.05) is 18.1 Å². The van der Waals surface area contributed by atoms with E-state index >= 15 is 0 Å². The first-order valence-corrected chi connectivity index (χ1v) is 7.55. The van der Waals surface area contributed by atoms with E-state index in [2.05, 4.69) is 21.2 Å². The van der Waals surface area contributed by atoms with Crippen LogP contribution in [0.2, 0.25) is 0 Å². The highest BCUT2D eigenvalue weighted by Crippen LogP contribution is 2.17. The molecule has 0 aliphatic rings. The minimum Gasteiger partial charge on any atom is -0.480 e. The second-order valence-corrected chi connectivity index (χ2v) is 6.04. The molecule has 0 aromatic heterocycles. The first-order chi connectivity index (χ1) is 9.80. The largest absolute Gasteiger partial charge is 0.480 e. The van der Waals surface area contributed by atoms with Crippen LogP contribution in [0.4, 0.5) is 0 Å². The lowest BCUT2D eigenvalue weighted by Crippen LogP contribution is -2.52. The lowest BCUT2D eigenvalue weighted by molar-refractivity contribution is -0.144. The number of aliphatic carboxylic acids is 1. The van der Waals surface area contributed by atoms with Gasteiger partial charge in [-0.05, 0) is 25.0 Å². The number of carboxylic acids is 1. The van der Waals surface area contributed by atoms with Crippen LogP contribution in [0.3, 0.4) is 0 Å². The summed E-state index contributed by atoms with van der Waals surface area (Å²) in [6.07, 6.45) is 0.406. The van der Waals surface area contributed by atoms with Gasteiger partial charge in [-0.3, -0.25) is 14.9 Å². The predicted molar refractivity (Wildman–Crippen MR) is 85.0 cm³/mol. The Bertz CT molecular complexity index is 521. The third kappa shape index (κ3) is 4.82. The summed E-state index contributed by atoms with van der Waals surface area (Å²) in [5.74, 6) is -1.10. The lowest BCUT2D eigenvalue weighted by Gasteiger charge is -2.26. The van der Waals surface area contributed by atoms with Crippen LogP contribution < -0.4 is 5.32 Å². The van der Waals surface area contributed by atoms with Gasteiger partial charge in [0.15, 0.2) is 0 Å². The fourth-order valence-electron chi connectivity index (χ4n) is 1.73. The number of benzene rings is 1. The zero-order valence-electron chi connectivity index (χ0n) is 12.5. The first kappa shape index (κ1) is 17.7. The number of nitrogens with zero attached hydrogens (tertiary/aromatic N) is 1. The molecule has 1 aromatic rings. The zero-order valence-corrected chi connectivity index (χ0v) is 14.1. The number of likely N-dealkylation sites (N-methyl/N-ethyl adjacent to an activating group) is 1. The summed E-state index contributed by atoms with van der Waals surface area (Å²) in [7, 11) is 1.70. The molecule has 0 spiro atoms. The monoisotopic (exact) mass is 356 g/mol. The molecule has 0 saturated carbocycles. The van der Waals surface area contributed by atoms with Crippen LogP contribution in [0.1, 0.15) is 25.8 Å². The van der Waals surface area contributed by atoms with E-state index in [-0.39, 0.29) is 12.5 Å². The molecule has 21 heavy (non-hydrogen) atoms. The summed E-state index contributed by atoms with van der Waals surface area (Å²) in [5.41, 5.74) is -0.0751. The Kier molecular flexibility index (Phi) is 6.36. The number of hydrogen-bond donors (Lipinski definition) is 2. The van der Waals surface area contributed by atoms with E-state index in [1.165, 1.54) is 0 Å². The van der Waals surface area contributed by atoms with Crippen molar-refractivity contribution in [3.63, 3.8) is 0 Å². The number of carboxylic acid groups (broad SMARTS) is 1. The molecule has 0 heterocycles. The summed E-state index contributed by atoms with van der Waals surface area (Å²) in [6.45, 7) is 3.82. The molecule has 2 N–H and O–H groups in total. The van der Waals surface area contributed by atoms with Crippen molar-refractivity contribution in [2.24, 2.45) is 0 Å². The van der Waals surface area contributed by atoms with Gasteiger partial charge in [0.25, 0.3) is 0 Å². The molecule has 0 fully saturated rings. The fourth-order valence-corrected chi connectivity index (χ4v) is 2.14. The highest BCUT2D eigenvalue weighted by Gasteiger charge is 2.31. The summed E-state index contributed by atoms with van der Waals surface area (Å²) >= 11 is 3.44. The van der Waals surface area contributed by atoms with Gasteiger partial charge < -0.3 is 10.0 Å². The van der Waals surface area contributed by atoms with E-state index in [1.54, 1.807) is 25.8 Å². The van der Waals surface area contributed by atoms with Crippen molar-refractivity contribution < 1.29 is 14.7 Å². The van der Waals surface area contributed by atoms with Crippen molar-refractivity contribution in [3.05, 3.63) is 34.3 Å². The highest BCUT2D eigenvalue weighted by molar-refractivity contribution is 9.10. The van der Waals surface area contributed by atoms with Crippen molar-refractivity contribution in [1.29, 1.82) is 0 Å². The third-order valence-electron chi connectivity index (χ3n) is 3.60. The molecule has 5 nitrogen and oxygen atoms in total. The van der Waals surface area contributed by atoms with Crippen LogP contribution in [0.5, 0.6) is 0 Å². The highest BCUT2D eigenvalue weighted by atomic mass is 79.9. The molecule has 1 atom stereocenters. The smallest absolute Gasteiger partial charge is 0.323 e. The maximum Gasteiger partial charge on any atom is 0.323 e. The molecule has 1 rings (SSSR count). The van der Waals surface area contributed by atoms with Gasteiger partial charge in [0.2, 0.25) is 5.91 Å². The number of rotatable bonds is 7. The Balaban J connectivity index is 2.60. The molecule has 0 bridgehead atoms. The topological polar surface area (TPSA) is 69.6 Å². The van der Waals surface area contributed by atoms with E-state index < -0.39 is 11.5 Å². The molecular formula is C15H21BrN2O3. The van der Waals surface area contributed by atoms with Crippen LogP contribution in [0.15, 0.2) is 28.7 Å². The molecule has 1 unspecified atom stereocenters. The van der Waals surface area contributed by atoms with E-state index in [4.69, 9.17) is 5.11 Å². The molecular weight excluding hydrogens is 336 g/mol. The Labute approximate surface area is 133 Å². The normalized spacial score (nSPS) is 13.5. The number of halogens is 1. The quantitative estimate of drug-likeness (QED) is 0.785. The number of hydrogen-bond acceptors (Lipinski definition) is 3. The van der Waals surface area contributed by atoms with Crippen LogP contribution in [0, 0.1) is 0 Å². The maximum atomic E-state index is 12.1. The van der Waals surface area contributed by atoms with Crippen LogP contribution in [-0.2, 0) is 16.1 Å². The summed E-state index contributed by atoms with van der Waals surface area (Å²) in [6, 6.07) is 7.69. The van der Waals surface area contributed by atoms with Crippen LogP contribution >= 0.6 is 15.9 Å². The number of amides is 1. The summed E-state index contributed by atoms with van der Waals surface area (Å²) in [4.78, 5) is 24.9. The van der Waals surface area contributed by atoms with Gasteiger partial charge in [0.1, 0.15) is 5.54 Å². The minimum atomic E-state index is -1.08. The van der Waals surface area contributed by atoms with Gasteiger partial charge in [-0.2, -0.15) is 0 Å². The van der Waals surface area contributed by atoms with Gasteiger partial charge >= 0.3 is 5.97 Å². The molecule has 116 valence electrons. The zero-order chi connectivity index (χ0) is 16.0. The second kappa shape index (κ2) is 7.56. The Morgan fingerprint density at radius 3 is 2.52 bits per heavy atom. The first-order valence-electron chi connectivity index (χ1n) is 6.76. The van der Waals surface area contributed by atoms with E-state index in [9.17, 15) is 9.59 Å². The molecule has 0 aliphatic heterocycles. The Morgan fingerprint density at radius 1 is 1.38 bits per heavy atom. The van der Waals surface area contributed by atoms with Crippen molar-refractivity contribution >= 4 is 27.8 Å². The fraction of sp³-hybridized carbons (Fsp3) is 0.467. The number of carbonyl (C=O) groups is 2. The molecule has 1 aromatic carbocycles. The van der Waals surface area contributed by atoms with Crippen molar-refractivity contribution in [2.75, 3.05) is 13.6 Å². The van der Waals surface area contributed by atoms with E-state index in [0.717, 1.165) is 10.0 Å². The Morgan fingerprint density at radius 2 is 2.00 bits per heavy atom. The molecule has 1 amide bonds. The van der Waals surface area contributed by atoms with Crippen molar-refractivity contribution in [1.82, 2.24) is 10.2 Å². The molecule has 0 radical (unpaired) electrons. The second-order valence-electron chi connectivity index (χ2n) is 5.19. The van der Waals surface area contributed by atoms with Crippen LogP contribution in [0.25, 0.3) is 0 Å². The Hall–Kier alpha value is -1.40. The van der Waals surface area contributed by atoms with E-state index in [0.29, 0.717) is 13.0 Å². The maximum absolute atomic E-state index is 12.1. The SMILES string of the molecule is CCC(C)(NCC(=O)N(C)Cc1ccccc1Br)C(=O)O. The van der Waals surface area contributed by atoms with Crippen LogP contribution in [-0.4, -0.2) is 41.0 Å². The molecule has 6 heteroatoms. The average Bonchev–Trinajstić information content (AvgIpc) is 2.46. The van der Waals surface area contributed by atoms with Gasteiger partial charge in [-0.1, -0.05) is 41.1 Å². The average molecular weight is 357 g/mol. The van der Waals surface area contributed by atoms with Gasteiger partial charge in [-0.15, -0.1) is 0 Å². The predicted octanol–water partition coefficient (Wildman–Crippen LogP) is 2.25. The number of nitrogens with one attached hydrogen (secondary N) is 1. The lowest BCUT2D eigenvalue weighted by atomic mass is 9.99. The van der Waals surface area contributed by atoms with Crippen molar-refractivity contribution in [3.8, 4) is 0 Å². The van der Waals surface area contributed by atoms with Crippen molar-refractivity contribution in [2.45, 2.75) is 32.4 Å². The van der Waals surface area contributed by atoms with Gasteiger partial charge in [0.05, 0.1) is 6.54 Å². The van der Waals surface area contributed by atoms with E-state index in [1.807, 2.05) is 24.3 Å². The van der Waals surface area contributed by atoms with Gasteiger partial charge in [-0.25, -0.2) is 0 Å². The number of carbonyl (C=O) groups excluding carboxylic acids is 1. The minimum absolute atomic E-state index is 0.00239. The molecule has 0 aliphatic carbocycles. The summed E-state index contributed by atoms with van der Waals surface area (Å²) < 4.78 is 0.946.